The van der Waals surface area contributed by atoms with Gasteiger partial charge in [0.15, 0.2) is 50.3 Å². The molecule has 30 saturated heterocycles. The average molecular weight is 1400 g/mol. The summed E-state index contributed by atoms with van der Waals surface area (Å²) < 4.78 is 107. The van der Waals surface area contributed by atoms with Crippen LogP contribution >= 0.6 is 0 Å². The van der Waals surface area contributed by atoms with E-state index in [4.69, 9.17) is 85.3 Å². The SMILES string of the molecule is OC[C@H]1O[C@@H]2O[C@H]3[C@H](O)[C@@H](O)[C@@H](O[C@H]4[C@H](O)[C@@H](O)[C@@H](O[C@H]5[C@H](O)[C@@H](O)[C@@H](O[C@H]6[C@@H]7OCc8ccccc8CO[C@H]7[C@@H](O[C@H]7[C@H](O)[C@@H](O)[C@@H](O[C@H]8[C@H](O)[C@@H](O)[C@@H](O[C@H]9[C@H](O)[C@@H](O)[C@@H](O[C@H]1[C@H](O)[C@H]2O)O[C@@H]9CO)O[C@@H]8CO)O[C@@H]7CO)O[C@@H]6CO)O[C@@H]5CO)O[C@@H]4CO)O[C@@H]3CO. The van der Waals surface area contributed by atoms with Crippen LogP contribution in [0.15, 0.2) is 24.3 Å². The molecule has 550 valence electrons. The highest BCUT2D eigenvalue weighted by atomic mass is 16.8. The lowest BCUT2D eigenvalue weighted by molar-refractivity contribution is -0.406. The van der Waals surface area contributed by atoms with Gasteiger partial charge in [0.2, 0.25) is 0 Å². The van der Waals surface area contributed by atoms with Gasteiger partial charge in [0.1, 0.15) is 195 Å². The lowest BCUT2D eigenvalue weighted by atomic mass is 9.94. The predicted molar refractivity (Wildman–Crippen MR) is 293 cm³/mol. The van der Waals surface area contributed by atoms with Crippen LogP contribution in [0, 0.1) is 0 Å². The van der Waals surface area contributed by atoms with Crippen molar-refractivity contribution in [2.45, 2.75) is 259 Å². The minimum atomic E-state index is -2.24. The summed E-state index contributed by atoms with van der Waals surface area (Å²) in [6.45, 7) is -8.67. The molecule has 1 aromatic carbocycles. The van der Waals surface area contributed by atoms with Crippen molar-refractivity contribution < 1.29 is 198 Å². The molecule has 40 heteroatoms. The Morgan fingerprint density at radius 1 is 0.208 bits per heavy atom. The molecule has 22 N–H and O–H groups in total. The summed E-state index contributed by atoms with van der Waals surface area (Å²) in [6, 6.07) is 6.87. The highest BCUT2D eigenvalue weighted by Crippen LogP contribution is 2.41. The second-order valence-corrected chi connectivity index (χ2v) is 24.8. The Labute approximate surface area is 543 Å². The zero-order valence-electron chi connectivity index (χ0n) is 50.7. The van der Waals surface area contributed by atoms with Crippen molar-refractivity contribution in [3.63, 3.8) is 0 Å². The quantitative estimate of drug-likeness (QED) is 0.115. The van der Waals surface area contributed by atoms with Crippen LogP contribution in [-0.4, -0.2) is 411 Å². The van der Waals surface area contributed by atoms with E-state index in [1.54, 1.807) is 24.3 Å². The molecule has 32 rings (SSSR count). The number of aliphatic hydroxyl groups excluding tert-OH is 22. The Balaban J connectivity index is 0.882. The van der Waals surface area contributed by atoms with Gasteiger partial charge in [-0.15, -0.1) is 0 Å². The van der Waals surface area contributed by atoms with Crippen LogP contribution in [0.2, 0.25) is 0 Å². The number of aliphatic hydroxyl groups is 22. The summed E-state index contributed by atoms with van der Waals surface area (Å²) >= 11 is 0. The van der Waals surface area contributed by atoms with E-state index < -0.39 is 299 Å². The molecule has 96 heavy (non-hydrogen) atoms. The van der Waals surface area contributed by atoms with E-state index in [0.717, 1.165) is 0 Å². The van der Waals surface area contributed by atoms with Gasteiger partial charge in [0.05, 0.1) is 66.1 Å². The maximum atomic E-state index is 11.8. The zero-order chi connectivity index (χ0) is 68.9. The molecule has 0 saturated carbocycles. The summed E-state index contributed by atoms with van der Waals surface area (Å²) in [5.41, 5.74) is 1.22. The van der Waals surface area contributed by atoms with Crippen molar-refractivity contribution in [2.24, 2.45) is 0 Å². The summed E-state index contributed by atoms with van der Waals surface area (Å²) in [4.78, 5) is 0. The van der Waals surface area contributed by atoms with Gasteiger partial charge in [0, 0.05) is 0 Å². The van der Waals surface area contributed by atoms with Crippen LogP contribution in [-0.2, 0) is 98.5 Å². The van der Waals surface area contributed by atoms with Gasteiger partial charge in [-0.2, -0.15) is 0 Å². The standard InChI is InChI=1S/C56H86O40/c57-5-17-39-25(65)32(72)49(81-17)90-40-18(6-58)83-51(34(74)26(40)66)92-42-20(8-60)85-53(36(76)28(42)68)94-44-22(10-62)87-55(38(78)30(44)70)96-46-24(12-64)88-56(48-47(46)79-13-15-3-1-2-4-16(15)14-80-48)95-45-23(11-63)86-54(37(77)31(45)71)93-43-21(9-61)84-52(35(75)29(43)69)91-41-19(7-59)82-50(89-39)33(73)27(41)67/h1-4,17-78H,5-14H2/t17-,18-,19-,20-,21-,22-,23-,24-,25-,26-,27-,28-,29-,30-,31-,32-,33-,34-,35-,36-,37-,38-,39-,40-,41-,42-,43-,44-,45-,46-,47+,48-,49-,50-,51-,52-,53-,54-,55-,56-/m1/s1. The molecule has 31 aliphatic rings. The Hall–Kier alpha value is -2.38. The molecular weight excluding hydrogens is 1310 g/mol. The molecule has 0 spiro atoms. The summed E-state index contributed by atoms with van der Waals surface area (Å²) in [5.74, 6) is 0. The minimum Gasteiger partial charge on any atom is -0.394 e. The van der Waals surface area contributed by atoms with Gasteiger partial charge in [-0.1, -0.05) is 24.3 Å². The zero-order valence-corrected chi connectivity index (χ0v) is 50.7. The third-order valence-corrected chi connectivity index (χ3v) is 18.8. The van der Waals surface area contributed by atoms with Gasteiger partial charge in [-0.05, 0) is 11.1 Å². The molecule has 16 bridgehead atoms. The monoisotopic (exact) mass is 1400 g/mol. The third kappa shape index (κ3) is 14.7. The van der Waals surface area contributed by atoms with Crippen LogP contribution in [0.25, 0.3) is 0 Å². The first-order valence-electron chi connectivity index (χ1n) is 31.2. The Morgan fingerprint density at radius 3 is 0.604 bits per heavy atom. The minimum absolute atomic E-state index is 0.178. The number of benzene rings is 1. The van der Waals surface area contributed by atoms with E-state index in [2.05, 4.69) is 0 Å². The summed E-state index contributed by atoms with van der Waals surface area (Å²) in [5, 5.41) is 247. The van der Waals surface area contributed by atoms with E-state index >= 15 is 0 Å². The highest BCUT2D eigenvalue weighted by Gasteiger charge is 2.61. The lowest BCUT2D eigenvalue weighted by Crippen LogP contribution is -2.69. The number of fused-ring (bicyclic) bond motifs is 1. The molecule has 1 aromatic rings. The van der Waals surface area contributed by atoms with Crippen molar-refractivity contribution in [3.05, 3.63) is 35.4 Å². The number of hydrogen-bond acceptors (Lipinski definition) is 40. The largest absolute Gasteiger partial charge is 0.394 e. The van der Waals surface area contributed by atoms with Gasteiger partial charge in [0.25, 0.3) is 0 Å². The molecule has 31 aliphatic heterocycles. The molecule has 40 atom stereocenters. The summed E-state index contributed by atoms with van der Waals surface area (Å²) in [7, 11) is 0. The molecule has 0 radical (unpaired) electrons. The Kier molecular flexibility index (Phi) is 25.0. The van der Waals surface area contributed by atoms with E-state index in [9.17, 15) is 112 Å². The fourth-order valence-corrected chi connectivity index (χ4v) is 13.4. The lowest BCUT2D eigenvalue weighted by Gasteiger charge is -2.51. The normalized spacial score (nSPS) is 52.4. The van der Waals surface area contributed by atoms with E-state index in [-0.39, 0.29) is 13.2 Å². The average Bonchev–Trinajstić information content (AvgIpc) is 0.781. The summed E-state index contributed by atoms with van der Waals surface area (Å²) in [6.07, 6.45) is -78.6. The fraction of sp³-hybridized carbons (Fsp3) is 0.893. The second kappa shape index (κ2) is 32.1. The van der Waals surface area contributed by atoms with Gasteiger partial charge < -0.3 is 198 Å². The number of hydrogen-bond donors (Lipinski definition) is 22. The van der Waals surface area contributed by atoms with Crippen LogP contribution in [0.1, 0.15) is 11.1 Å². The maximum absolute atomic E-state index is 11.8. The fourth-order valence-electron chi connectivity index (χ4n) is 13.4. The number of ether oxygens (including phenoxy) is 18. The molecule has 30 fully saturated rings. The van der Waals surface area contributed by atoms with Crippen molar-refractivity contribution in [1.29, 1.82) is 0 Å². The topological polar surface area (TPSA) is 611 Å². The van der Waals surface area contributed by atoms with Crippen molar-refractivity contribution in [1.82, 2.24) is 0 Å². The molecule has 0 aromatic heterocycles. The first kappa shape index (κ1) is 74.8. The first-order chi connectivity index (χ1) is 46.0. The van der Waals surface area contributed by atoms with Crippen LogP contribution in [0.4, 0.5) is 0 Å². The Morgan fingerprint density at radius 2 is 0.385 bits per heavy atom. The molecular formula is C56H86O40. The number of rotatable bonds is 8. The highest BCUT2D eigenvalue weighted by molar-refractivity contribution is 5.26. The van der Waals surface area contributed by atoms with Gasteiger partial charge in [-0.3, -0.25) is 0 Å². The molecule has 40 nitrogen and oxygen atoms in total. The van der Waals surface area contributed by atoms with Crippen molar-refractivity contribution >= 4 is 0 Å². The molecule has 0 aliphatic carbocycles. The van der Waals surface area contributed by atoms with E-state index in [1.165, 1.54) is 0 Å². The Bertz CT molecular complexity index is 2580. The van der Waals surface area contributed by atoms with Gasteiger partial charge >= 0.3 is 0 Å². The van der Waals surface area contributed by atoms with Crippen LogP contribution in [0.3, 0.4) is 0 Å². The molecule has 0 unspecified atom stereocenters. The van der Waals surface area contributed by atoms with Crippen molar-refractivity contribution in [2.75, 3.05) is 52.9 Å². The predicted octanol–water partition coefficient (Wildman–Crippen LogP) is -14.6. The van der Waals surface area contributed by atoms with Crippen LogP contribution < -0.4 is 0 Å². The van der Waals surface area contributed by atoms with E-state index in [0.29, 0.717) is 11.1 Å². The maximum Gasteiger partial charge on any atom is 0.187 e. The first-order valence-corrected chi connectivity index (χ1v) is 31.2. The second-order valence-electron chi connectivity index (χ2n) is 24.8. The molecule has 31 heterocycles. The smallest absolute Gasteiger partial charge is 0.187 e. The van der Waals surface area contributed by atoms with Crippen molar-refractivity contribution in [3.8, 4) is 0 Å². The van der Waals surface area contributed by atoms with E-state index in [1.807, 2.05) is 0 Å². The third-order valence-electron chi connectivity index (χ3n) is 18.8. The van der Waals surface area contributed by atoms with Crippen LogP contribution in [0.5, 0.6) is 0 Å². The molecule has 0 amide bonds. The van der Waals surface area contributed by atoms with Gasteiger partial charge in [-0.25, -0.2) is 0 Å².